The van der Waals surface area contributed by atoms with Crippen LogP contribution in [-0.4, -0.2) is 10.6 Å². The van der Waals surface area contributed by atoms with Crippen LogP contribution in [0.15, 0.2) is 0 Å². The highest BCUT2D eigenvalue weighted by Gasteiger charge is 1.88. The van der Waals surface area contributed by atoms with Crippen molar-refractivity contribution in [2.75, 3.05) is 0 Å². The Morgan fingerprint density at radius 2 is 2.20 bits per heavy atom. The van der Waals surface area contributed by atoms with Crippen LogP contribution < -0.4 is 0 Å². The zero-order chi connectivity index (χ0) is 4.28. The zero-order valence-corrected chi connectivity index (χ0v) is 4.58. The van der Waals surface area contributed by atoms with E-state index >= 15 is 0 Å². The predicted molar refractivity (Wildman–Crippen MR) is 24.3 cm³/mol. The fraction of sp³-hybridized carbons (Fsp3) is 0.500. The van der Waals surface area contributed by atoms with Gasteiger partial charge in [-0.15, -0.1) is 11.6 Å². The molecule has 0 saturated carbocycles. The summed E-state index contributed by atoms with van der Waals surface area (Å²) in [7, 11) is 0. The second-order valence-corrected chi connectivity index (χ2v) is 2.30. The molecule has 0 N–H and O–H groups in total. The molecule has 0 amide bonds. The first-order valence-corrected chi connectivity index (χ1v) is 2.28. The number of carbonyl (C=O) groups excluding carboxylic acids is 1. The highest BCUT2D eigenvalue weighted by Crippen LogP contribution is 1.97. The van der Waals surface area contributed by atoms with E-state index in [-0.39, 0.29) is 0 Å². The van der Waals surface area contributed by atoms with Gasteiger partial charge in [0.05, 0.1) is 0 Å². The number of hydrogen-bond donors (Lipinski definition) is 0. The molecule has 3 heteroatoms. The van der Waals surface area contributed by atoms with Crippen molar-refractivity contribution in [1.29, 1.82) is 0 Å². The predicted octanol–water partition coefficient (Wildman–Crippen LogP) is 1.06. The van der Waals surface area contributed by atoms with Crippen LogP contribution in [0.3, 0.4) is 0 Å². The average Bonchev–Trinajstić information content (AvgIpc) is 1.38. The summed E-state index contributed by atoms with van der Waals surface area (Å²) >= 11 is 7.67. The maximum Gasteiger partial charge on any atom is 0.229 e. The van der Waals surface area contributed by atoms with Gasteiger partial charge in [0.2, 0.25) is 6.29 Å². The third kappa shape index (κ3) is 4.44. The van der Waals surface area contributed by atoms with Crippen LogP contribution in [0.25, 0.3) is 0 Å². The van der Waals surface area contributed by atoms with Gasteiger partial charge < -0.3 is 0 Å². The molecule has 1 unspecified atom stereocenters. The Labute approximate surface area is 43.4 Å². The first-order chi connectivity index (χ1) is 2.27. The summed E-state index contributed by atoms with van der Waals surface area (Å²) in [5, 5.41) is 0. The maximum absolute atomic E-state index is 9.20. The molecular weight excluding hydrogens is 155 g/mol. The fourth-order valence-electron chi connectivity index (χ4n) is 0. The van der Waals surface area contributed by atoms with E-state index in [2.05, 4.69) is 15.9 Å². The molecule has 1 atom stereocenters. The van der Waals surface area contributed by atoms with E-state index in [1.54, 1.807) is 0 Å². The Kier molecular flexibility index (Phi) is 2.90. The van der Waals surface area contributed by atoms with Crippen molar-refractivity contribution in [2.45, 2.75) is 4.29 Å². The van der Waals surface area contributed by atoms with Crippen molar-refractivity contribution in [2.24, 2.45) is 0 Å². The standard InChI is InChI=1S/C2HBrClO/c3-2(4)1-5/h2H. The minimum Gasteiger partial charge on any atom is -0.288 e. The first-order valence-electron chi connectivity index (χ1n) is 0.929. The summed E-state index contributed by atoms with van der Waals surface area (Å²) in [4.78, 5) is 9.20. The lowest BCUT2D eigenvalue weighted by atomic mass is 10.9. The molecule has 0 aliphatic carbocycles. The molecule has 1 nitrogen and oxygen atoms in total. The first kappa shape index (κ1) is 5.44. The van der Waals surface area contributed by atoms with Gasteiger partial charge in [-0.3, -0.25) is 4.79 Å². The van der Waals surface area contributed by atoms with Gasteiger partial charge >= 0.3 is 0 Å². The van der Waals surface area contributed by atoms with Crippen molar-refractivity contribution >= 4 is 33.8 Å². The van der Waals surface area contributed by atoms with Gasteiger partial charge in [-0.2, -0.15) is 0 Å². The van der Waals surface area contributed by atoms with Gasteiger partial charge in [0, 0.05) is 0 Å². The molecule has 0 spiro atoms. The van der Waals surface area contributed by atoms with E-state index in [0.29, 0.717) is 0 Å². The molecule has 0 aliphatic rings. The zero-order valence-electron chi connectivity index (χ0n) is 2.24. The van der Waals surface area contributed by atoms with Crippen molar-refractivity contribution in [3.05, 3.63) is 0 Å². The minimum absolute atomic E-state index is 0.637. The van der Waals surface area contributed by atoms with Crippen LogP contribution in [0.1, 0.15) is 0 Å². The Morgan fingerprint density at radius 3 is 2.20 bits per heavy atom. The van der Waals surface area contributed by atoms with Crippen LogP contribution in [-0.2, 0) is 4.79 Å². The van der Waals surface area contributed by atoms with Crippen LogP contribution in [0.2, 0.25) is 0 Å². The molecule has 0 saturated heterocycles. The second kappa shape index (κ2) is 2.67. The molecule has 29 valence electrons. The average molecular weight is 156 g/mol. The number of hydrogen-bond acceptors (Lipinski definition) is 1. The summed E-state index contributed by atoms with van der Waals surface area (Å²) in [6.45, 7) is 0. The van der Waals surface area contributed by atoms with Gasteiger partial charge in [-0.25, -0.2) is 0 Å². The van der Waals surface area contributed by atoms with E-state index in [1.807, 2.05) is 0 Å². The second-order valence-electron chi connectivity index (χ2n) is 0.419. The molecule has 0 heterocycles. The monoisotopic (exact) mass is 155 g/mol. The van der Waals surface area contributed by atoms with Crippen LogP contribution >= 0.6 is 27.5 Å². The van der Waals surface area contributed by atoms with Crippen molar-refractivity contribution in [3.8, 4) is 0 Å². The Bertz CT molecular complexity index is 36.6. The largest absolute Gasteiger partial charge is 0.288 e. The van der Waals surface area contributed by atoms with Crippen LogP contribution in [0, 0.1) is 0 Å². The smallest absolute Gasteiger partial charge is 0.229 e. The Morgan fingerprint density at radius 1 is 2.00 bits per heavy atom. The highest BCUT2D eigenvalue weighted by molar-refractivity contribution is 9.10. The van der Waals surface area contributed by atoms with Gasteiger partial charge in [-0.1, -0.05) is 15.9 Å². The molecule has 5 heavy (non-hydrogen) atoms. The normalized spacial score (nSPS) is 14.0. The summed E-state index contributed by atoms with van der Waals surface area (Å²) < 4.78 is -0.637. The maximum atomic E-state index is 9.20. The molecule has 1 radical (unpaired) electrons. The van der Waals surface area contributed by atoms with Crippen molar-refractivity contribution in [3.63, 3.8) is 0 Å². The third-order valence-corrected chi connectivity index (χ3v) is 0.365. The number of halogens is 2. The lowest BCUT2D eigenvalue weighted by Gasteiger charge is -1.71. The van der Waals surface area contributed by atoms with Gasteiger partial charge in [0.1, 0.15) is 0 Å². The lowest BCUT2D eigenvalue weighted by molar-refractivity contribution is 0.559. The highest BCUT2D eigenvalue weighted by atomic mass is 79.9. The Balaban J connectivity index is 2.83. The van der Waals surface area contributed by atoms with Crippen LogP contribution in [0.5, 0.6) is 0 Å². The van der Waals surface area contributed by atoms with E-state index < -0.39 is 4.29 Å². The van der Waals surface area contributed by atoms with E-state index in [0.717, 1.165) is 0 Å². The van der Waals surface area contributed by atoms with E-state index in [4.69, 9.17) is 11.6 Å². The summed E-state index contributed by atoms with van der Waals surface area (Å²) in [5.41, 5.74) is 0. The Hall–Kier alpha value is 0.440. The molecule has 0 aromatic rings. The minimum atomic E-state index is -0.637. The fourth-order valence-corrected chi connectivity index (χ4v) is 0. The van der Waals surface area contributed by atoms with Gasteiger partial charge in [-0.05, 0) is 0 Å². The molecule has 0 aromatic heterocycles. The van der Waals surface area contributed by atoms with Gasteiger partial charge in [0.15, 0.2) is 4.29 Å². The number of alkyl halides is 2. The van der Waals surface area contributed by atoms with E-state index in [1.165, 1.54) is 6.29 Å². The third-order valence-electron chi connectivity index (χ3n) is 0.0891. The quantitative estimate of drug-likeness (QED) is 0.519. The van der Waals surface area contributed by atoms with Crippen molar-refractivity contribution in [1.82, 2.24) is 0 Å². The molecule has 0 rings (SSSR count). The van der Waals surface area contributed by atoms with Gasteiger partial charge in [0.25, 0.3) is 0 Å². The van der Waals surface area contributed by atoms with Crippen LogP contribution in [0.4, 0.5) is 0 Å². The SMILES string of the molecule is O=[C]C(Cl)Br. The molecule has 0 bridgehead atoms. The molecule has 0 fully saturated rings. The summed E-state index contributed by atoms with van der Waals surface area (Å²) in [6, 6.07) is 0. The number of rotatable bonds is 1. The topological polar surface area (TPSA) is 17.1 Å². The summed E-state index contributed by atoms with van der Waals surface area (Å²) in [6.07, 6.45) is 1.46. The summed E-state index contributed by atoms with van der Waals surface area (Å²) in [5.74, 6) is 0. The molecule has 0 aliphatic heterocycles. The van der Waals surface area contributed by atoms with Crippen molar-refractivity contribution < 1.29 is 4.79 Å². The van der Waals surface area contributed by atoms with E-state index in [9.17, 15) is 4.79 Å². The lowest BCUT2D eigenvalue weighted by Crippen LogP contribution is -1.80. The molecular formula is C2HBrClO. The molecule has 0 aromatic carbocycles.